The average Bonchev–Trinajstić information content (AvgIpc) is 4.04. The van der Waals surface area contributed by atoms with Crippen molar-refractivity contribution >= 4 is 71.0 Å². The summed E-state index contributed by atoms with van der Waals surface area (Å²) in [6.07, 6.45) is 1.79. The maximum absolute atomic E-state index is 14.3. The lowest BCUT2D eigenvalue weighted by atomic mass is 9.96. The average molecular weight is 1170 g/mol. The number of rotatable bonds is 38. The molecule has 29 heteroatoms. The molecule has 12 atom stereocenters. The van der Waals surface area contributed by atoms with Crippen LogP contribution in [0.4, 0.5) is 0 Å². The number of amides is 10. The van der Waals surface area contributed by atoms with Crippen LogP contribution in [0.3, 0.4) is 0 Å². The molecule has 0 spiro atoms. The topological polar surface area (TPSA) is 497 Å². The van der Waals surface area contributed by atoms with Gasteiger partial charge in [0.25, 0.3) is 0 Å². The fourth-order valence-electron chi connectivity index (χ4n) is 9.00. The highest BCUT2D eigenvalue weighted by atomic mass is 16.3. The van der Waals surface area contributed by atoms with Gasteiger partial charge in [-0.15, -0.1) is 0 Å². The highest BCUT2D eigenvalue weighted by Gasteiger charge is 2.40. The monoisotopic (exact) mass is 1160 g/mol. The molecule has 468 valence electrons. The Labute approximate surface area is 482 Å². The van der Waals surface area contributed by atoms with Crippen molar-refractivity contribution in [2.45, 2.75) is 213 Å². The molecule has 1 rings (SSSR count). The minimum absolute atomic E-state index is 0.0448. The van der Waals surface area contributed by atoms with E-state index in [1.54, 1.807) is 27.7 Å². The largest absolute Gasteiger partial charge is 0.391 e. The Hall–Kier alpha value is -6.88. The minimum atomic E-state index is -1.60. The van der Waals surface area contributed by atoms with E-state index in [0.717, 1.165) is 0 Å². The van der Waals surface area contributed by atoms with Crippen molar-refractivity contribution in [3.63, 3.8) is 0 Å². The first-order valence-electron chi connectivity index (χ1n) is 28.6. The number of guanidine groups is 2. The van der Waals surface area contributed by atoms with Gasteiger partial charge in [-0.2, -0.15) is 0 Å². The molecule has 29 nitrogen and oxygen atoms in total. The SMILES string of the molecule is CC[C@H](C)[C@H](NC(=O)[C@H](C)NC(=O)[C@@H]1CCCN1C(=O)[C@H](CCCN=C(N)N)NC(=O)[C@@H](N)CC(C)C)C(=O)N[C@@H](CC(C)C)C(=O)N[C@H](C(=O)N[C@@H](CCCN=C(N)N)C(=O)N[C@H](C(=O)N[C@@H](CCCCN)C(N)=O)[C@@H](C)O)C(C)C. The van der Waals surface area contributed by atoms with Crippen molar-refractivity contribution in [1.29, 1.82) is 0 Å². The number of unbranched alkanes of at least 4 members (excludes halogenated alkanes) is 1. The van der Waals surface area contributed by atoms with Crippen LogP contribution in [0.1, 0.15) is 146 Å². The third kappa shape index (κ3) is 26.4. The van der Waals surface area contributed by atoms with Gasteiger partial charge in [0.1, 0.15) is 54.4 Å². The number of aliphatic imine (C=N–C) groups is 2. The van der Waals surface area contributed by atoms with Crippen LogP contribution in [0.5, 0.6) is 0 Å². The molecule has 0 aromatic carbocycles. The molecular weight excluding hydrogens is 1060 g/mol. The zero-order chi connectivity index (χ0) is 62.6. The van der Waals surface area contributed by atoms with Crippen LogP contribution in [0.15, 0.2) is 9.98 Å². The van der Waals surface area contributed by atoms with E-state index in [1.165, 1.54) is 18.7 Å². The normalized spacial score (nSPS) is 17.2. The number of likely N-dealkylation sites (tertiary alicyclic amines) is 1. The molecule has 0 aromatic rings. The van der Waals surface area contributed by atoms with Gasteiger partial charge in [0.15, 0.2) is 11.9 Å². The Balaban J connectivity index is 3.37. The number of carbonyl (C=O) groups is 10. The number of nitrogens with two attached hydrogens (primary N) is 7. The number of nitrogens with one attached hydrogen (secondary N) is 8. The van der Waals surface area contributed by atoms with Gasteiger partial charge in [-0.05, 0) is 115 Å². The van der Waals surface area contributed by atoms with Gasteiger partial charge in [0.05, 0.1) is 12.1 Å². The Morgan fingerprint density at radius 1 is 0.549 bits per heavy atom. The molecule has 0 aliphatic carbocycles. The molecule has 1 fully saturated rings. The summed E-state index contributed by atoms with van der Waals surface area (Å²) in [5.41, 5.74) is 39.2. The van der Waals surface area contributed by atoms with Gasteiger partial charge in [0, 0.05) is 19.6 Å². The van der Waals surface area contributed by atoms with Crippen molar-refractivity contribution in [2.24, 2.45) is 73.8 Å². The van der Waals surface area contributed by atoms with E-state index in [-0.39, 0.29) is 81.9 Å². The third-order valence-electron chi connectivity index (χ3n) is 13.8. The Morgan fingerprint density at radius 3 is 1.54 bits per heavy atom. The van der Waals surface area contributed by atoms with Crippen LogP contribution < -0.4 is 82.7 Å². The van der Waals surface area contributed by atoms with E-state index in [1.807, 2.05) is 27.7 Å². The Bertz CT molecular complexity index is 2170. The number of aliphatic hydroxyl groups excluding tert-OH is 1. The molecule has 1 aliphatic rings. The first kappa shape index (κ1) is 73.1. The molecule has 0 radical (unpaired) electrons. The van der Waals surface area contributed by atoms with Gasteiger partial charge in [-0.1, -0.05) is 61.8 Å². The predicted molar refractivity (Wildman–Crippen MR) is 311 cm³/mol. The standard InChI is InChI=1S/C53H100N18O11/c1-11-30(8)40(69-43(74)31(9)63-47(78)38-20-16-24-71(38)51(82)36(19-15-23-62-53(59)60)66-44(75)33(55)25-27(2)3)49(80)67-37(26-28(4)5)46(77)68-39(29(6)7)48(79)65-35(18-14-22-61-52(57)58)45(76)70-41(32(10)72)50(81)64-34(42(56)73)17-12-13-21-54/h27-41,72H,11-26,54-55H2,1-10H3,(H2,56,73)(H,63,78)(H,64,81)(H,65,79)(H,66,75)(H,67,80)(H,68,77)(H,69,74)(H,70,76)(H4,57,58,61)(H4,59,60,62)/t30-,31-,32+,33-,34-,35-,36-,37-,38-,39-,40-,41-/m0/s1. The number of hydrogen-bond donors (Lipinski definition) is 16. The Morgan fingerprint density at radius 2 is 1.02 bits per heavy atom. The number of nitrogens with zero attached hydrogens (tertiary/aromatic N) is 3. The van der Waals surface area contributed by atoms with E-state index in [2.05, 4.69) is 52.5 Å². The minimum Gasteiger partial charge on any atom is -0.391 e. The molecule has 1 aliphatic heterocycles. The summed E-state index contributed by atoms with van der Waals surface area (Å²) in [4.78, 5) is 146. The molecule has 82 heavy (non-hydrogen) atoms. The summed E-state index contributed by atoms with van der Waals surface area (Å²) >= 11 is 0. The highest BCUT2D eigenvalue weighted by Crippen LogP contribution is 2.21. The molecule has 10 amide bonds. The van der Waals surface area contributed by atoms with Crippen LogP contribution in [-0.2, 0) is 47.9 Å². The number of aliphatic hydroxyl groups is 1. The second kappa shape index (κ2) is 37.3. The lowest BCUT2D eigenvalue weighted by Crippen LogP contribution is -2.62. The predicted octanol–water partition coefficient (Wildman–Crippen LogP) is -3.90. The smallest absolute Gasteiger partial charge is 0.245 e. The number of carbonyl (C=O) groups excluding carboxylic acids is 10. The first-order valence-corrected chi connectivity index (χ1v) is 28.6. The second-order valence-electron chi connectivity index (χ2n) is 22.4. The molecule has 1 heterocycles. The maximum atomic E-state index is 14.3. The Kier molecular flexibility index (Phi) is 33.2. The lowest BCUT2D eigenvalue weighted by molar-refractivity contribution is -0.142. The number of hydrogen-bond acceptors (Lipinski definition) is 15. The molecule has 23 N–H and O–H groups in total. The second-order valence-corrected chi connectivity index (χ2v) is 22.4. The first-order chi connectivity index (χ1) is 38.4. The highest BCUT2D eigenvalue weighted by molar-refractivity contribution is 5.99. The van der Waals surface area contributed by atoms with Crippen LogP contribution in [0, 0.1) is 23.7 Å². The van der Waals surface area contributed by atoms with E-state index < -0.39 is 137 Å². The van der Waals surface area contributed by atoms with Crippen molar-refractivity contribution in [2.75, 3.05) is 26.2 Å². The summed E-state index contributed by atoms with van der Waals surface area (Å²) in [6.45, 7) is 17.7. The van der Waals surface area contributed by atoms with Crippen molar-refractivity contribution in [1.82, 2.24) is 47.4 Å². The quantitative estimate of drug-likeness (QED) is 0.0160. The van der Waals surface area contributed by atoms with Crippen LogP contribution in [-0.4, -0.2) is 174 Å². The summed E-state index contributed by atoms with van der Waals surface area (Å²) < 4.78 is 0. The lowest BCUT2D eigenvalue weighted by Gasteiger charge is -2.31. The summed E-state index contributed by atoms with van der Waals surface area (Å²) in [6, 6.07) is -12.0. The van der Waals surface area contributed by atoms with Crippen molar-refractivity contribution < 1.29 is 53.1 Å². The van der Waals surface area contributed by atoms with E-state index >= 15 is 0 Å². The van der Waals surface area contributed by atoms with Gasteiger partial charge in [0.2, 0.25) is 59.1 Å². The van der Waals surface area contributed by atoms with Gasteiger partial charge < -0.3 is 92.7 Å². The van der Waals surface area contributed by atoms with Crippen LogP contribution >= 0.6 is 0 Å². The summed E-state index contributed by atoms with van der Waals surface area (Å²) in [7, 11) is 0. The molecule has 0 bridgehead atoms. The molecule has 0 aromatic heterocycles. The summed E-state index contributed by atoms with van der Waals surface area (Å²) in [5.74, 6) is -8.90. The van der Waals surface area contributed by atoms with E-state index in [4.69, 9.17) is 40.1 Å². The van der Waals surface area contributed by atoms with Gasteiger partial charge in [-0.25, -0.2) is 0 Å². The van der Waals surface area contributed by atoms with Gasteiger partial charge in [-0.3, -0.25) is 57.9 Å². The third-order valence-corrected chi connectivity index (χ3v) is 13.8. The zero-order valence-corrected chi connectivity index (χ0v) is 49.9. The van der Waals surface area contributed by atoms with Crippen LogP contribution in [0.2, 0.25) is 0 Å². The molecule has 0 saturated carbocycles. The van der Waals surface area contributed by atoms with E-state index in [9.17, 15) is 53.1 Å². The fourth-order valence-corrected chi connectivity index (χ4v) is 9.00. The zero-order valence-electron chi connectivity index (χ0n) is 49.9. The van der Waals surface area contributed by atoms with Crippen molar-refractivity contribution in [3.05, 3.63) is 0 Å². The maximum Gasteiger partial charge on any atom is 0.245 e. The van der Waals surface area contributed by atoms with Gasteiger partial charge >= 0.3 is 0 Å². The molecule has 1 saturated heterocycles. The molecular formula is C53H100N18O11. The van der Waals surface area contributed by atoms with Crippen molar-refractivity contribution in [3.8, 4) is 0 Å². The molecule has 0 unspecified atom stereocenters. The van der Waals surface area contributed by atoms with E-state index in [0.29, 0.717) is 45.1 Å². The summed E-state index contributed by atoms with van der Waals surface area (Å²) in [5, 5.41) is 31.8. The fraction of sp³-hybridized carbons (Fsp3) is 0.774. The van der Waals surface area contributed by atoms with Crippen LogP contribution in [0.25, 0.3) is 0 Å². The number of primary amides is 1.